The number of hydrogen-bond acceptors (Lipinski definition) is 5. The van der Waals surface area contributed by atoms with Crippen molar-refractivity contribution in [1.29, 1.82) is 0 Å². The van der Waals surface area contributed by atoms with Gasteiger partial charge in [0, 0.05) is 63.2 Å². The number of ether oxygens (including phenoxy) is 1. The molecule has 5 heterocycles. The van der Waals surface area contributed by atoms with Crippen LogP contribution in [0.3, 0.4) is 0 Å². The molecule has 2 saturated heterocycles. The highest BCUT2D eigenvalue weighted by molar-refractivity contribution is 7.80. The Labute approximate surface area is 200 Å². The van der Waals surface area contributed by atoms with E-state index in [0.29, 0.717) is 0 Å². The van der Waals surface area contributed by atoms with E-state index in [9.17, 15) is 0 Å². The predicted octanol–water partition coefficient (Wildman–Crippen LogP) is 3.02. The lowest BCUT2D eigenvalue weighted by atomic mass is 10.0. The van der Waals surface area contributed by atoms with E-state index >= 15 is 0 Å². The Morgan fingerprint density at radius 1 is 1.03 bits per heavy atom. The average molecular weight is 463 g/mol. The molecule has 2 fully saturated rings. The van der Waals surface area contributed by atoms with Gasteiger partial charge in [0.05, 0.1) is 31.0 Å². The molecular formula is C25H30N6OS. The van der Waals surface area contributed by atoms with E-state index < -0.39 is 0 Å². The van der Waals surface area contributed by atoms with Gasteiger partial charge in [-0.2, -0.15) is 0 Å². The lowest BCUT2D eigenvalue weighted by molar-refractivity contribution is 0.0365. The zero-order valence-corrected chi connectivity index (χ0v) is 19.5. The molecule has 0 bridgehead atoms. The first-order valence-corrected chi connectivity index (χ1v) is 12.0. The first kappa shape index (κ1) is 22.0. The second-order valence-corrected chi connectivity index (χ2v) is 8.94. The van der Waals surface area contributed by atoms with Gasteiger partial charge < -0.3 is 19.5 Å². The topological polar surface area (TPSA) is 58.5 Å². The summed E-state index contributed by atoms with van der Waals surface area (Å²) in [5, 5.41) is 4.37. The third-order valence-electron chi connectivity index (χ3n) is 6.42. The van der Waals surface area contributed by atoms with E-state index in [1.807, 2.05) is 36.8 Å². The van der Waals surface area contributed by atoms with E-state index in [2.05, 4.69) is 60.1 Å². The molecule has 2 aliphatic rings. The van der Waals surface area contributed by atoms with Crippen molar-refractivity contribution < 1.29 is 4.74 Å². The molecule has 0 unspecified atom stereocenters. The van der Waals surface area contributed by atoms with E-state index in [4.69, 9.17) is 17.0 Å². The molecule has 0 spiro atoms. The maximum atomic E-state index is 5.85. The second-order valence-electron chi connectivity index (χ2n) is 8.55. The molecule has 3 aromatic rings. The summed E-state index contributed by atoms with van der Waals surface area (Å²) in [7, 11) is 0. The van der Waals surface area contributed by atoms with Crippen LogP contribution in [0.25, 0.3) is 0 Å². The number of morpholine rings is 1. The van der Waals surface area contributed by atoms with E-state index in [-0.39, 0.29) is 12.1 Å². The number of pyridine rings is 2. The molecule has 0 radical (unpaired) electrons. The fraction of sp³-hybridized carbons (Fsp3) is 0.400. The zero-order chi connectivity index (χ0) is 22.5. The molecule has 8 heteroatoms. The molecule has 7 nitrogen and oxygen atoms in total. The molecule has 0 aromatic carbocycles. The van der Waals surface area contributed by atoms with E-state index in [1.54, 1.807) is 0 Å². The number of hydrogen-bond donors (Lipinski definition) is 1. The summed E-state index contributed by atoms with van der Waals surface area (Å²) in [6, 6.07) is 14.6. The smallest absolute Gasteiger partial charge is 0.170 e. The Kier molecular flexibility index (Phi) is 6.95. The molecule has 0 saturated carbocycles. The van der Waals surface area contributed by atoms with Gasteiger partial charge in [0.2, 0.25) is 0 Å². The van der Waals surface area contributed by atoms with Crippen LogP contribution in [0, 0.1) is 0 Å². The normalized spacial score (nSPS) is 21.3. The van der Waals surface area contributed by atoms with Gasteiger partial charge in [-0.3, -0.25) is 14.9 Å². The van der Waals surface area contributed by atoms with Crippen molar-refractivity contribution in [2.24, 2.45) is 0 Å². The van der Waals surface area contributed by atoms with Crippen LogP contribution in [0.5, 0.6) is 0 Å². The van der Waals surface area contributed by atoms with Crippen LogP contribution >= 0.6 is 12.2 Å². The molecule has 1 N–H and O–H groups in total. The van der Waals surface area contributed by atoms with Crippen LogP contribution in [-0.2, 0) is 11.3 Å². The molecule has 0 amide bonds. The second kappa shape index (κ2) is 10.4. The van der Waals surface area contributed by atoms with Gasteiger partial charge in [-0.05, 0) is 54.5 Å². The SMILES string of the molecule is S=C1N[C@H](c2ccccn2)[C@H](c2cccn2Cc2cccnc2)N1CCCN1CCOCC1. The van der Waals surface area contributed by atoms with Gasteiger partial charge in [-0.1, -0.05) is 12.1 Å². The largest absolute Gasteiger partial charge is 0.379 e. The number of nitrogens with one attached hydrogen (secondary N) is 1. The van der Waals surface area contributed by atoms with E-state index in [0.717, 1.165) is 63.2 Å². The predicted molar refractivity (Wildman–Crippen MR) is 132 cm³/mol. The van der Waals surface area contributed by atoms with Crippen molar-refractivity contribution >= 4 is 17.3 Å². The van der Waals surface area contributed by atoms with Crippen molar-refractivity contribution in [2.75, 3.05) is 39.4 Å². The molecule has 5 rings (SSSR count). The first-order chi connectivity index (χ1) is 16.3. The van der Waals surface area contributed by atoms with Crippen LogP contribution in [0.1, 0.15) is 35.5 Å². The van der Waals surface area contributed by atoms with E-state index in [1.165, 1.54) is 11.3 Å². The van der Waals surface area contributed by atoms with Crippen LogP contribution in [-0.4, -0.2) is 68.8 Å². The summed E-state index contributed by atoms with van der Waals surface area (Å²) >= 11 is 5.85. The Bertz CT molecular complexity index is 1040. The Morgan fingerprint density at radius 3 is 2.73 bits per heavy atom. The van der Waals surface area contributed by atoms with Gasteiger partial charge in [-0.25, -0.2) is 0 Å². The summed E-state index contributed by atoms with van der Waals surface area (Å²) < 4.78 is 7.80. The van der Waals surface area contributed by atoms with Crippen molar-refractivity contribution in [3.05, 3.63) is 84.2 Å². The Morgan fingerprint density at radius 2 is 1.94 bits per heavy atom. The molecule has 0 aliphatic carbocycles. The fourth-order valence-electron chi connectivity index (χ4n) is 4.79. The van der Waals surface area contributed by atoms with Crippen molar-refractivity contribution in [3.63, 3.8) is 0 Å². The molecule has 172 valence electrons. The average Bonchev–Trinajstić information content (AvgIpc) is 3.44. The number of nitrogens with zero attached hydrogens (tertiary/aromatic N) is 5. The van der Waals surface area contributed by atoms with Gasteiger partial charge in [0.15, 0.2) is 5.11 Å². The monoisotopic (exact) mass is 462 g/mol. The molecule has 33 heavy (non-hydrogen) atoms. The minimum absolute atomic E-state index is 0.00429. The lowest BCUT2D eigenvalue weighted by Crippen LogP contribution is -2.39. The maximum Gasteiger partial charge on any atom is 0.170 e. The first-order valence-electron chi connectivity index (χ1n) is 11.6. The van der Waals surface area contributed by atoms with Crippen LogP contribution in [0.2, 0.25) is 0 Å². The highest BCUT2D eigenvalue weighted by Gasteiger charge is 2.40. The van der Waals surface area contributed by atoms with Crippen LogP contribution in [0.4, 0.5) is 0 Å². The maximum absolute atomic E-state index is 5.85. The minimum Gasteiger partial charge on any atom is -0.379 e. The van der Waals surface area contributed by atoms with Crippen LogP contribution < -0.4 is 5.32 Å². The Balaban J connectivity index is 1.39. The number of thiocarbonyl (C=S) groups is 1. The summed E-state index contributed by atoms with van der Waals surface area (Å²) in [5.41, 5.74) is 3.42. The minimum atomic E-state index is 0.00429. The molecule has 2 aliphatic heterocycles. The summed E-state index contributed by atoms with van der Waals surface area (Å²) in [6.07, 6.45) is 8.79. The molecule has 2 atom stereocenters. The third-order valence-corrected chi connectivity index (χ3v) is 6.77. The standard InChI is InChI=1S/C25H30N6OS/c33-25-28-23(21-7-1-2-10-27-21)24(31(25)13-5-11-29-14-16-32-17-15-29)22-8-4-12-30(22)19-20-6-3-9-26-18-20/h1-4,6-10,12,18,23-24H,5,11,13-17,19H2,(H,28,33)/t23-,24+/m1/s1. The van der Waals surface area contributed by atoms with Crippen molar-refractivity contribution in [2.45, 2.75) is 25.0 Å². The highest BCUT2D eigenvalue weighted by atomic mass is 32.1. The summed E-state index contributed by atoms with van der Waals surface area (Å²) in [5.74, 6) is 0. The van der Waals surface area contributed by atoms with Gasteiger partial charge in [-0.15, -0.1) is 0 Å². The van der Waals surface area contributed by atoms with Gasteiger partial charge >= 0.3 is 0 Å². The zero-order valence-electron chi connectivity index (χ0n) is 18.7. The quantitative estimate of drug-likeness (QED) is 0.517. The van der Waals surface area contributed by atoms with Crippen molar-refractivity contribution in [3.8, 4) is 0 Å². The van der Waals surface area contributed by atoms with Crippen LogP contribution in [0.15, 0.2) is 67.3 Å². The third kappa shape index (κ3) is 5.08. The fourth-order valence-corrected chi connectivity index (χ4v) is 5.12. The van der Waals surface area contributed by atoms with Crippen molar-refractivity contribution in [1.82, 2.24) is 29.7 Å². The molecule has 3 aromatic heterocycles. The highest BCUT2D eigenvalue weighted by Crippen LogP contribution is 2.39. The number of aromatic nitrogens is 3. The summed E-state index contributed by atoms with van der Waals surface area (Å²) in [4.78, 5) is 13.8. The number of rotatable bonds is 8. The van der Waals surface area contributed by atoms with Gasteiger partial charge in [0.1, 0.15) is 0 Å². The Hall–Kier alpha value is -2.81. The molecular weight excluding hydrogens is 432 g/mol. The summed E-state index contributed by atoms with van der Waals surface area (Å²) in [6.45, 7) is 6.41. The van der Waals surface area contributed by atoms with Gasteiger partial charge in [0.25, 0.3) is 0 Å². The lowest BCUT2D eigenvalue weighted by Gasteiger charge is -2.31.